The topological polar surface area (TPSA) is 80.3 Å². The van der Waals surface area contributed by atoms with Crippen LogP contribution >= 0.6 is 0 Å². The number of H-pyrrole nitrogens is 1. The quantitative estimate of drug-likeness (QED) is 0.885. The Morgan fingerprint density at radius 2 is 2.20 bits per heavy atom. The zero-order valence-corrected chi connectivity index (χ0v) is 15.1. The first-order valence-electron chi connectivity index (χ1n) is 9.57. The molecule has 7 nitrogen and oxygen atoms in total. The van der Waals surface area contributed by atoms with Gasteiger partial charge in [-0.05, 0) is 37.5 Å². The Labute approximate surface area is 148 Å². The molecule has 1 unspecified atom stereocenters. The highest BCUT2D eigenvalue weighted by molar-refractivity contribution is 5.68. The van der Waals surface area contributed by atoms with Crippen LogP contribution in [-0.2, 0) is 9.47 Å². The van der Waals surface area contributed by atoms with Crippen molar-refractivity contribution in [2.24, 2.45) is 11.8 Å². The molecule has 3 atom stereocenters. The largest absolute Gasteiger partial charge is 0.447 e. The van der Waals surface area contributed by atoms with Gasteiger partial charge in [-0.15, -0.1) is 0 Å². The molecule has 0 radical (unpaired) electrons. The number of nitrogens with one attached hydrogen (secondary N) is 1. The van der Waals surface area contributed by atoms with Gasteiger partial charge in [-0.3, -0.25) is 5.10 Å². The first-order chi connectivity index (χ1) is 12.1. The van der Waals surface area contributed by atoms with Crippen molar-refractivity contribution in [1.82, 2.24) is 20.1 Å². The predicted octanol–water partition coefficient (Wildman–Crippen LogP) is 2.67. The van der Waals surface area contributed by atoms with Gasteiger partial charge in [0.2, 0.25) is 0 Å². The highest BCUT2D eigenvalue weighted by Gasteiger charge is 2.46. The van der Waals surface area contributed by atoms with E-state index in [0.29, 0.717) is 30.9 Å². The maximum atomic E-state index is 12.5. The van der Waals surface area contributed by atoms with Crippen molar-refractivity contribution >= 4 is 6.09 Å². The lowest BCUT2D eigenvalue weighted by Gasteiger charge is -2.17. The molecule has 1 aromatic heterocycles. The van der Waals surface area contributed by atoms with E-state index in [-0.39, 0.29) is 18.1 Å². The molecule has 1 amide bonds. The maximum absolute atomic E-state index is 12.5. The number of carbonyl (C=O) groups excluding carboxylic acids is 1. The van der Waals surface area contributed by atoms with Crippen molar-refractivity contribution in [2.75, 3.05) is 26.3 Å². The van der Waals surface area contributed by atoms with Crippen LogP contribution in [-0.4, -0.2) is 58.6 Å². The number of rotatable bonds is 5. The second kappa shape index (κ2) is 6.94. The molecule has 2 aliphatic heterocycles. The third-order valence-corrected chi connectivity index (χ3v) is 5.66. The van der Waals surface area contributed by atoms with Gasteiger partial charge < -0.3 is 14.4 Å². The fourth-order valence-corrected chi connectivity index (χ4v) is 4.01. The summed E-state index contributed by atoms with van der Waals surface area (Å²) in [5.41, 5.74) is 0. The highest BCUT2D eigenvalue weighted by atomic mass is 16.6. The summed E-state index contributed by atoms with van der Waals surface area (Å²) in [5.74, 6) is 3.48. The summed E-state index contributed by atoms with van der Waals surface area (Å²) < 4.78 is 11.0. The summed E-state index contributed by atoms with van der Waals surface area (Å²) in [6.07, 6.45) is 4.41. The number of ether oxygens (including phenoxy) is 2. The van der Waals surface area contributed by atoms with Gasteiger partial charge in [-0.2, -0.15) is 5.10 Å². The summed E-state index contributed by atoms with van der Waals surface area (Å²) in [7, 11) is 0. The van der Waals surface area contributed by atoms with Crippen molar-refractivity contribution in [1.29, 1.82) is 0 Å². The first kappa shape index (κ1) is 16.8. The van der Waals surface area contributed by atoms with E-state index in [1.54, 1.807) is 0 Å². The Hall–Kier alpha value is -1.63. The molecular formula is C18H28N4O3. The van der Waals surface area contributed by atoms with Gasteiger partial charge >= 0.3 is 6.09 Å². The van der Waals surface area contributed by atoms with Gasteiger partial charge in [0, 0.05) is 31.5 Å². The number of amides is 1. The van der Waals surface area contributed by atoms with E-state index >= 15 is 0 Å². The Bertz CT molecular complexity index is 607. The first-order valence-corrected chi connectivity index (χ1v) is 9.57. The SMILES string of the molecule is CC(C)c1n[nH]c([C@@H]2CN(C(=O)OCC3CCCO3)C[C@H]2C2CC2)n1. The van der Waals surface area contributed by atoms with E-state index in [9.17, 15) is 4.79 Å². The second-order valence-electron chi connectivity index (χ2n) is 7.96. The van der Waals surface area contributed by atoms with E-state index in [2.05, 4.69) is 29.0 Å². The molecule has 2 saturated heterocycles. The fourth-order valence-electron chi connectivity index (χ4n) is 4.01. The number of aromatic nitrogens is 3. The normalized spacial score (nSPS) is 29.6. The van der Waals surface area contributed by atoms with Crippen LogP contribution in [0.5, 0.6) is 0 Å². The fraction of sp³-hybridized carbons (Fsp3) is 0.833. The molecule has 0 bridgehead atoms. The lowest BCUT2D eigenvalue weighted by atomic mass is 9.91. The van der Waals surface area contributed by atoms with Crippen molar-refractivity contribution < 1.29 is 14.3 Å². The summed E-state index contributed by atoms with van der Waals surface area (Å²) in [5, 5.41) is 7.46. The number of likely N-dealkylation sites (tertiary alicyclic amines) is 1. The van der Waals surface area contributed by atoms with Crippen LogP contribution in [0.15, 0.2) is 0 Å². The average Bonchev–Trinajstić information content (AvgIpc) is 3.05. The van der Waals surface area contributed by atoms with Gasteiger partial charge in [0.15, 0.2) is 5.82 Å². The van der Waals surface area contributed by atoms with Crippen molar-refractivity contribution in [2.45, 2.75) is 57.5 Å². The molecule has 7 heteroatoms. The standard InChI is InChI=1S/C18H28N4O3/c1-11(2)16-19-17(21-20-16)15-9-22(8-14(15)12-5-6-12)18(23)25-10-13-4-3-7-24-13/h11-15H,3-10H2,1-2H3,(H,19,20,21)/t13?,14-,15+/m0/s1. The van der Waals surface area contributed by atoms with Crippen LogP contribution in [0.2, 0.25) is 0 Å². The third kappa shape index (κ3) is 3.66. The van der Waals surface area contributed by atoms with E-state index in [1.165, 1.54) is 12.8 Å². The molecule has 1 aliphatic carbocycles. The monoisotopic (exact) mass is 348 g/mol. The zero-order chi connectivity index (χ0) is 17.4. The lowest BCUT2D eigenvalue weighted by Crippen LogP contribution is -2.32. The lowest BCUT2D eigenvalue weighted by molar-refractivity contribution is 0.0319. The molecule has 1 N–H and O–H groups in total. The highest BCUT2D eigenvalue weighted by Crippen LogP contribution is 2.47. The number of aromatic amines is 1. The maximum Gasteiger partial charge on any atom is 0.409 e. The Kier molecular flexibility index (Phi) is 4.67. The summed E-state index contributed by atoms with van der Waals surface area (Å²) in [6, 6.07) is 0. The smallest absolute Gasteiger partial charge is 0.409 e. The zero-order valence-electron chi connectivity index (χ0n) is 15.1. The van der Waals surface area contributed by atoms with E-state index in [0.717, 1.165) is 37.6 Å². The predicted molar refractivity (Wildman–Crippen MR) is 91.3 cm³/mol. The van der Waals surface area contributed by atoms with Crippen LogP contribution in [0.1, 0.15) is 63.0 Å². The van der Waals surface area contributed by atoms with Gasteiger partial charge in [-0.25, -0.2) is 9.78 Å². The Morgan fingerprint density at radius 1 is 1.36 bits per heavy atom. The van der Waals surface area contributed by atoms with Crippen LogP contribution < -0.4 is 0 Å². The number of hydrogen-bond donors (Lipinski definition) is 1. The molecule has 4 rings (SSSR count). The van der Waals surface area contributed by atoms with Gasteiger partial charge in [0.25, 0.3) is 0 Å². The minimum absolute atomic E-state index is 0.0736. The number of carbonyl (C=O) groups is 1. The average molecular weight is 348 g/mol. The Balaban J connectivity index is 1.40. The van der Waals surface area contributed by atoms with Crippen LogP contribution in [0.4, 0.5) is 4.79 Å². The summed E-state index contributed by atoms with van der Waals surface area (Å²) >= 11 is 0. The van der Waals surface area contributed by atoms with Crippen LogP contribution in [0.25, 0.3) is 0 Å². The molecule has 3 heterocycles. The number of nitrogens with zero attached hydrogens (tertiary/aromatic N) is 3. The van der Waals surface area contributed by atoms with Gasteiger partial charge in [-0.1, -0.05) is 13.8 Å². The van der Waals surface area contributed by atoms with E-state index < -0.39 is 0 Å². The molecular weight excluding hydrogens is 320 g/mol. The Morgan fingerprint density at radius 3 is 2.84 bits per heavy atom. The van der Waals surface area contributed by atoms with E-state index in [4.69, 9.17) is 9.47 Å². The number of hydrogen-bond acceptors (Lipinski definition) is 5. The van der Waals surface area contributed by atoms with Crippen molar-refractivity contribution in [3.05, 3.63) is 11.6 Å². The van der Waals surface area contributed by atoms with Crippen LogP contribution in [0.3, 0.4) is 0 Å². The van der Waals surface area contributed by atoms with E-state index in [1.807, 2.05) is 4.90 Å². The molecule has 0 aromatic carbocycles. The molecule has 25 heavy (non-hydrogen) atoms. The summed E-state index contributed by atoms with van der Waals surface area (Å²) in [4.78, 5) is 19.0. The minimum atomic E-state index is -0.216. The molecule has 138 valence electrons. The second-order valence-corrected chi connectivity index (χ2v) is 7.96. The van der Waals surface area contributed by atoms with Crippen molar-refractivity contribution in [3.8, 4) is 0 Å². The minimum Gasteiger partial charge on any atom is -0.447 e. The summed E-state index contributed by atoms with van der Waals surface area (Å²) in [6.45, 7) is 6.76. The molecule has 1 saturated carbocycles. The molecule has 3 aliphatic rings. The van der Waals surface area contributed by atoms with Gasteiger partial charge in [0.05, 0.1) is 6.10 Å². The molecule has 1 aromatic rings. The van der Waals surface area contributed by atoms with Crippen LogP contribution in [0, 0.1) is 11.8 Å². The van der Waals surface area contributed by atoms with Crippen molar-refractivity contribution in [3.63, 3.8) is 0 Å². The molecule has 0 spiro atoms. The van der Waals surface area contributed by atoms with Gasteiger partial charge in [0.1, 0.15) is 12.4 Å². The molecule has 3 fully saturated rings. The third-order valence-electron chi connectivity index (χ3n) is 5.66.